The number of alkyl halides is 3. The number of carboxylic acid groups (broad SMARTS) is 1. The number of anilines is 1. The molecule has 4 aromatic rings. The maximum Gasteiger partial charge on any atom is 0.490 e. The van der Waals surface area contributed by atoms with Crippen molar-refractivity contribution in [3.05, 3.63) is 120 Å². The molecule has 1 saturated heterocycles. The molecule has 0 atom stereocenters. The van der Waals surface area contributed by atoms with Gasteiger partial charge in [-0.1, -0.05) is 54.6 Å². The number of piperazine rings is 1. The van der Waals surface area contributed by atoms with E-state index in [9.17, 15) is 22.8 Å². The molecular weight excluding hydrogens is 639 g/mol. The molecule has 5 rings (SSSR count). The number of aromatic nitrogens is 1. The fraction of sp³-hybridized carbons (Fsp3) is 0.278. The molecule has 1 aromatic heterocycles. The lowest BCUT2D eigenvalue weighted by Gasteiger charge is -2.27. The Morgan fingerprint density at radius 1 is 0.878 bits per heavy atom. The highest BCUT2D eigenvalue weighted by Gasteiger charge is 2.38. The molecule has 1 aliphatic rings. The van der Waals surface area contributed by atoms with Crippen LogP contribution >= 0.6 is 0 Å². The van der Waals surface area contributed by atoms with Gasteiger partial charge in [-0.2, -0.15) is 13.2 Å². The number of nitrogens with one attached hydrogen (secondary N) is 2. The van der Waals surface area contributed by atoms with E-state index in [2.05, 4.69) is 69.0 Å². The van der Waals surface area contributed by atoms with Gasteiger partial charge in [-0.25, -0.2) is 14.4 Å². The van der Waals surface area contributed by atoms with Gasteiger partial charge in [-0.3, -0.25) is 9.88 Å². The lowest BCUT2D eigenvalue weighted by Crippen LogP contribution is -2.42. The predicted molar refractivity (Wildman–Crippen MR) is 179 cm³/mol. The zero-order valence-electron chi connectivity index (χ0n) is 27.0. The summed E-state index contributed by atoms with van der Waals surface area (Å²) in [4.78, 5) is 42.7. The van der Waals surface area contributed by atoms with Gasteiger partial charge in [0.1, 0.15) is 0 Å². The number of carbonyl (C=O) groups excluding carboxylic acids is 2. The molecule has 10 nitrogen and oxygen atoms in total. The first-order valence-corrected chi connectivity index (χ1v) is 15.6. The summed E-state index contributed by atoms with van der Waals surface area (Å²) in [6, 6.07) is 27.4. The van der Waals surface area contributed by atoms with Gasteiger partial charge in [0.05, 0.1) is 12.2 Å². The Balaban J connectivity index is 0.000000698. The van der Waals surface area contributed by atoms with Gasteiger partial charge in [-0.05, 0) is 65.1 Å². The Hall–Kier alpha value is -5.27. The summed E-state index contributed by atoms with van der Waals surface area (Å²) in [5.74, 6) is -3.14. The van der Waals surface area contributed by atoms with E-state index < -0.39 is 12.1 Å². The lowest BCUT2D eigenvalue weighted by atomic mass is 10.0. The Morgan fingerprint density at radius 3 is 1.98 bits per heavy atom. The fourth-order valence-corrected chi connectivity index (χ4v) is 4.97. The van der Waals surface area contributed by atoms with E-state index in [1.807, 2.05) is 12.1 Å². The van der Waals surface area contributed by atoms with Crippen molar-refractivity contribution in [2.75, 3.05) is 38.1 Å². The van der Waals surface area contributed by atoms with Crippen LogP contribution in [-0.2, 0) is 29.2 Å². The van der Waals surface area contributed by atoms with Crippen molar-refractivity contribution in [1.82, 2.24) is 20.1 Å². The van der Waals surface area contributed by atoms with E-state index in [0.29, 0.717) is 30.9 Å². The van der Waals surface area contributed by atoms with Crippen molar-refractivity contribution < 1.29 is 37.4 Å². The number of hydrogen-bond acceptors (Lipinski definition) is 7. The third kappa shape index (κ3) is 11.7. The second-order valence-electron chi connectivity index (χ2n) is 11.2. The monoisotopic (exact) mass is 677 g/mol. The van der Waals surface area contributed by atoms with Crippen LogP contribution in [0.1, 0.15) is 34.0 Å². The van der Waals surface area contributed by atoms with Crippen LogP contribution in [0.4, 0.5) is 23.7 Å². The van der Waals surface area contributed by atoms with Gasteiger partial charge in [-0.15, -0.1) is 0 Å². The van der Waals surface area contributed by atoms with Crippen LogP contribution in [0.15, 0.2) is 97.3 Å². The number of hydrogen-bond donors (Lipinski definition) is 3. The van der Waals surface area contributed by atoms with E-state index in [4.69, 9.17) is 14.6 Å². The molecule has 0 unspecified atom stereocenters. The predicted octanol–water partition coefficient (Wildman–Crippen LogP) is 6.20. The molecule has 13 heteroatoms. The van der Waals surface area contributed by atoms with Crippen LogP contribution in [0.25, 0.3) is 11.1 Å². The van der Waals surface area contributed by atoms with Crippen LogP contribution in [0, 0.1) is 0 Å². The summed E-state index contributed by atoms with van der Waals surface area (Å²) in [5, 5.41) is 13.5. The van der Waals surface area contributed by atoms with Gasteiger partial charge < -0.3 is 25.4 Å². The van der Waals surface area contributed by atoms with Crippen molar-refractivity contribution in [2.45, 2.75) is 32.7 Å². The second kappa shape index (κ2) is 17.8. The number of carbonyl (C=O) groups is 3. The number of pyridine rings is 1. The number of carboxylic acids is 1. The number of esters is 1. The van der Waals surface area contributed by atoms with Gasteiger partial charge in [0.15, 0.2) is 0 Å². The summed E-state index contributed by atoms with van der Waals surface area (Å²) >= 11 is 0. The van der Waals surface area contributed by atoms with Gasteiger partial charge in [0, 0.05) is 63.9 Å². The largest absolute Gasteiger partial charge is 0.490 e. The fourth-order valence-electron chi connectivity index (χ4n) is 4.97. The number of halogens is 3. The highest BCUT2D eigenvalue weighted by Crippen LogP contribution is 2.22. The zero-order valence-corrected chi connectivity index (χ0v) is 27.0. The molecule has 0 bridgehead atoms. The average molecular weight is 678 g/mol. The van der Waals surface area contributed by atoms with E-state index in [1.54, 1.807) is 48.5 Å². The minimum Gasteiger partial charge on any atom is -0.475 e. The Bertz CT molecular complexity index is 1650. The van der Waals surface area contributed by atoms with E-state index in [-0.39, 0.29) is 12.0 Å². The molecule has 0 radical (unpaired) electrons. The van der Waals surface area contributed by atoms with Crippen molar-refractivity contribution in [1.29, 1.82) is 0 Å². The van der Waals surface area contributed by atoms with Crippen molar-refractivity contribution >= 4 is 23.7 Å². The number of benzene rings is 3. The molecule has 3 N–H and O–H groups in total. The molecule has 0 aliphatic carbocycles. The molecule has 2 amide bonds. The summed E-state index contributed by atoms with van der Waals surface area (Å²) in [5.41, 5.74) is 6.62. The number of amides is 2. The van der Waals surface area contributed by atoms with Crippen LogP contribution in [0.5, 0.6) is 0 Å². The molecule has 258 valence electrons. The summed E-state index contributed by atoms with van der Waals surface area (Å²) < 4.78 is 36.8. The molecule has 1 fully saturated rings. The SMILES string of the molecule is CCOC(=O)c1ccc(NC(=O)N(Cc2ccc(-c3ccc(CN4CCNCC4)cc3)cc2)Cc2cccnc2)cc1.O=C(O)C(F)(F)F. The van der Waals surface area contributed by atoms with Gasteiger partial charge >= 0.3 is 24.1 Å². The van der Waals surface area contributed by atoms with Crippen LogP contribution < -0.4 is 10.6 Å². The second-order valence-corrected chi connectivity index (χ2v) is 11.2. The minimum atomic E-state index is -5.08. The first kappa shape index (κ1) is 36.6. The highest BCUT2D eigenvalue weighted by molar-refractivity contribution is 5.92. The number of urea groups is 1. The smallest absolute Gasteiger partial charge is 0.475 e. The highest BCUT2D eigenvalue weighted by atomic mass is 19.4. The topological polar surface area (TPSA) is 124 Å². The first-order chi connectivity index (χ1) is 23.5. The van der Waals surface area contributed by atoms with Crippen LogP contribution in [0.3, 0.4) is 0 Å². The number of aliphatic carboxylic acids is 1. The maximum atomic E-state index is 13.4. The van der Waals surface area contributed by atoms with E-state index >= 15 is 0 Å². The molecule has 0 spiro atoms. The third-order valence-corrected chi connectivity index (χ3v) is 7.50. The lowest BCUT2D eigenvalue weighted by molar-refractivity contribution is -0.192. The van der Waals surface area contributed by atoms with Crippen LogP contribution in [0.2, 0.25) is 0 Å². The molecule has 1 aliphatic heterocycles. The van der Waals surface area contributed by atoms with Crippen molar-refractivity contribution in [3.63, 3.8) is 0 Å². The van der Waals surface area contributed by atoms with Gasteiger partial charge in [0.25, 0.3) is 0 Å². The van der Waals surface area contributed by atoms with E-state index in [0.717, 1.165) is 49.4 Å². The standard InChI is InChI=1S/C34H37N5O3.C2HF3O2/c1-2-42-33(40)31-13-15-32(16-14-31)37-34(41)39(25-28-4-3-17-36-22-28)24-27-7-11-30(12-8-27)29-9-5-26(6-10-29)23-38-20-18-35-19-21-38;3-2(4,5)1(6)7/h3-17,22,35H,2,18-21,23-25H2,1H3,(H,37,41);(H,6,7). The third-order valence-electron chi connectivity index (χ3n) is 7.50. The Kier molecular flexibility index (Phi) is 13.3. The minimum absolute atomic E-state index is 0.244. The zero-order chi connectivity index (χ0) is 35.2. The van der Waals surface area contributed by atoms with Crippen molar-refractivity contribution in [2.24, 2.45) is 0 Å². The molecule has 3 aromatic carbocycles. The number of nitrogens with zero attached hydrogens (tertiary/aromatic N) is 3. The maximum absolute atomic E-state index is 13.4. The first-order valence-electron chi connectivity index (χ1n) is 15.6. The normalized spacial score (nSPS) is 13.1. The van der Waals surface area contributed by atoms with Gasteiger partial charge in [0.2, 0.25) is 0 Å². The van der Waals surface area contributed by atoms with Crippen LogP contribution in [-0.4, -0.2) is 76.8 Å². The Morgan fingerprint density at radius 2 is 1.45 bits per heavy atom. The number of rotatable bonds is 10. The summed E-state index contributed by atoms with van der Waals surface area (Å²) in [7, 11) is 0. The average Bonchev–Trinajstić information content (AvgIpc) is 3.10. The molecule has 2 heterocycles. The molecular formula is C36H38F3N5O5. The van der Waals surface area contributed by atoms with E-state index in [1.165, 1.54) is 11.1 Å². The summed E-state index contributed by atoms with van der Waals surface area (Å²) in [6.45, 7) is 8.15. The van der Waals surface area contributed by atoms with Crippen molar-refractivity contribution in [3.8, 4) is 11.1 Å². The molecule has 0 saturated carbocycles. The quantitative estimate of drug-likeness (QED) is 0.170. The Labute approximate surface area is 282 Å². The molecule has 49 heavy (non-hydrogen) atoms. The number of ether oxygens (including phenoxy) is 1. The summed E-state index contributed by atoms with van der Waals surface area (Å²) in [6.07, 6.45) is -1.60.